The van der Waals surface area contributed by atoms with Gasteiger partial charge in [-0.2, -0.15) is 0 Å². The number of carbonyl (C=O) groups is 1. The van der Waals surface area contributed by atoms with Crippen molar-refractivity contribution in [2.75, 3.05) is 54.1 Å². The van der Waals surface area contributed by atoms with Crippen molar-refractivity contribution < 1.29 is 37.3 Å². The number of rotatable bonds is 32. The Balaban J connectivity index is 4.34. The molecule has 0 radical (unpaired) electrons. The Morgan fingerprint density at radius 1 is 0.698 bits per heavy atom. The number of allylic oxidation sites excluding steroid dienone is 2. The van der Waals surface area contributed by atoms with Crippen molar-refractivity contribution in [3.05, 3.63) is 12.2 Å². The number of carbonyl (C=O) groups excluding carboxylic acids is 1. The Morgan fingerprint density at radius 2 is 1.23 bits per heavy atom. The quantitative estimate of drug-likeness (QED) is 0.0241. The average Bonchev–Trinajstić information content (AvgIpc) is 2.94. The molecule has 0 saturated heterocycles. The number of esters is 1. The van der Waals surface area contributed by atoms with E-state index < -0.39 is 13.9 Å². The normalized spacial score (nSPS) is 14.3. The molecule has 0 aliphatic rings. The molecule has 0 rings (SSSR count). The van der Waals surface area contributed by atoms with Crippen LogP contribution in [0.15, 0.2) is 12.2 Å². The predicted octanol–water partition coefficient (Wildman–Crippen LogP) is 8.52. The van der Waals surface area contributed by atoms with Gasteiger partial charge < -0.3 is 27.9 Å². The van der Waals surface area contributed by atoms with Crippen LogP contribution in [0.2, 0.25) is 0 Å². The third kappa shape index (κ3) is 32.4. The van der Waals surface area contributed by atoms with Crippen LogP contribution in [-0.4, -0.2) is 70.7 Å². The molecule has 43 heavy (non-hydrogen) atoms. The first-order valence-electron chi connectivity index (χ1n) is 17.4. The Bertz CT molecular complexity index is 711. The summed E-state index contributed by atoms with van der Waals surface area (Å²) in [6.07, 6.45) is 26.4. The fraction of sp³-hybridized carbons (Fsp3) is 0.912. The van der Waals surface area contributed by atoms with E-state index in [0.29, 0.717) is 24.1 Å². The highest BCUT2D eigenvalue weighted by Gasteiger charge is 2.20. The second-order valence-corrected chi connectivity index (χ2v) is 14.3. The lowest BCUT2D eigenvalue weighted by atomic mass is 10.1. The highest BCUT2D eigenvalue weighted by molar-refractivity contribution is 7.45. The van der Waals surface area contributed by atoms with E-state index in [-0.39, 0.29) is 25.8 Å². The fourth-order valence-corrected chi connectivity index (χ4v) is 5.25. The molecule has 0 saturated carbocycles. The summed E-state index contributed by atoms with van der Waals surface area (Å²) in [5.41, 5.74) is 0. The van der Waals surface area contributed by atoms with E-state index in [4.69, 9.17) is 18.5 Å². The van der Waals surface area contributed by atoms with Crippen molar-refractivity contribution in [1.82, 2.24) is 0 Å². The van der Waals surface area contributed by atoms with Crippen LogP contribution >= 0.6 is 7.82 Å². The Hall–Kier alpha value is -0.760. The first-order chi connectivity index (χ1) is 20.6. The minimum Gasteiger partial charge on any atom is -0.756 e. The van der Waals surface area contributed by atoms with Gasteiger partial charge in [0.2, 0.25) is 0 Å². The Labute approximate surface area is 265 Å². The summed E-state index contributed by atoms with van der Waals surface area (Å²) in [5, 5.41) is 0. The zero-order chi connectivity index (χ0) is 32.1. The van der Waals surface area contributed by atoms with E-state index in [2.05, 4.69) is 26.0 Å². The van der Waals surface area contributed by atoms with Gasteiger partial charge in [-0.1, -0.05) is 116 Å². The average molecular weight is 634 g/mol. The van der Waals surface area contributed by atoms with E-state index in [9.17, 15) is 14.3 Å². The molecule has 8 nitrogen and oxygen atoms in total. The van der Waals surface area contributed by atoms with Gasteiger partial charge in [-0.3, -0.25) is 9.36 Å². The molecule has 0 aliphatic carbocycles. The summed E-state index contributed by atoms with van der Waals surface area (Å²) in [6.45, 7) is 5.33. The number of phosphoric acid groups is 1. The van der Waals surface area contributed by atoms with Gasteiger partial charge >= 0.3 is 5.97 Å². The van der Waals surface area contributed by atoms with Gasteiger partial charge in [0.15, 0.2) is 0 Å². The monoisotopic (exact) mass is 633 g/mol. The van der Waals surface area contributed by atoms with Crippen LogP contribution in [0.4, 0.5) is 0 Å². The second kappa shape index (κ2) is 28.7. The molecule has 256 valence electrons. The number of hydrogen-bond acceptors (Lipinski definition) is 7. The van der Waals surface area contributed by atoms with Crippen LogP contribution in [0.25, 0.3) is 0 Å². The number of unbranched alkanes of at least 4 members (excludes halogenated alkanes) is 16. The van der Waals surface area contributed by atoms with Crippen molar-refractivity contribution in [2.24, 2.45) is 0 Å². The van der Waals surface area contributed by atoms with Crippen molar-refractivity contribution in [3.63, 3.8) is 0 Å². The van der Waals surface area contributed by atoms with Gasteiger partial charge in [-0.05, 0) is 32.1 Å². The Kier molecular flexibility index (Phi) is 28.2. The van der Waals surface area contributed by atoms with Gasteiger partial charge in [0, 0.05) is 13.0 Å². The largest absolute Gasteiger partial charge is 0.756 e. The molecule has 0 aromatic rings. The summed E-state index contributed by atoms with van der Waals surface area (Å²) >= 11 is 0. The SMILES string of the molecule is CCCC/C=C\CCCCCCCCOCC(COP(=O)([O-])OCC[N+](C)(C)C)OC(=O)CCCCCCCCCCC. The minimum atomic E-state index is -4.50. The number of nitrogens with zero attached hydrogens (tertiary/aromatic N) is 1. The summed E-state index contributed by atoms with van der Waals surface area (Å²) in [5.74, 6) is -0.341. The zero-order valence-corrected chi connectivity index (χ0v) is 29.6. The standard InChI is InChI=1S/C34H68NO7P/c1-6-8-10-12-14-16-17-18-20-22-24-26-29-39-31-33(32-41-43(37,38)40-30-28-35(3,4)5)42-34(36)27-25-23-21-19-15-13-11-9-7-2/h12,14,33H,6-11,13,15-32H2,1-5H3/b14-12-. The number of quaternary nitrogens is 1. The summed E-state index contributed by atoms with van der Waals surface area (Å²) in [6, 6.07) is 0. The third-order valence-electron chi connectivity index (χ3n) is 7.32. The van der Waals surface area contributed by atoms with E-state index in [0.717, 1.165) is 32.1 Å². The summed E-state index contributed by atoms with van der Waals surface area (Å²) in [4.78, 5) is 24.8. The lowest BCUT2D eigenvalue weighted by Gasteiger charge is -2.28. The van der Waals surface area contributed by atoms with Crippen LogP contribution in [0.3, 0.4) is 0 Å². The first kappa shape index (κ1) is 42.2. The predicted molar refractivity (Wildman–Crippen MR) is 176 cm³/mol. The Morgan fingerprint density at radius 3 is 1.84 bits per heavy atom. The smallest absolute Gasteiger partial charge is 0.306 e. The molecular weight excluding hydrogens is 565 g/mol. The van der Waals surface area contributed by atoms with E-state index >= 15 is 0 Å². The highest BCUT2D eigenvalue weighted by Crippen LogP contribution is 2.38. The van der Waals surface area contributed by atoms with Gasteiger partial charge in [-0.15, -0.1) is 0 Å². The maximum absolute atomic E-state index is 12.5. The fourth-order valence-electron chi connectivity index (χ4n) is 4.53. The molecule has 0 spiro atoms. The summed E-state index contributed by atoms with van der Waals surface area (Å²) in [7, 11) is 1.35. The van der Waals surface area contributed by atoms with Gasteiger partial charge in [0.1, 0.15) is 19.3 Å². The van der Waals surface area contributed by atoms with Crippen LogP contribution in [0.5, 0.6) is 0 Å². The lowest BCUT2D eigenvalue weighted by Crippen LogP contribution is -2.37. The topological polar surface area (TPSA) is 94.1 Å². The van der Waals surface area contributed by atoms with Crippen molar-refractivity contribution >= 4 is 13.8 Å². The van der Waals surface area contributed by atoms with Crippen LogP contribution in [0, 0.1) is 0 Å². The zero-order valence-electron chi connectivity index (χ0n) is 28.7. The van der Waals surface area contributed by atoms with Gasteiger partial charge in [0.05, 0.1) is 34.4 Å². The maximum Gasteiger partial charge on any atom is 0.306 e. The number of hydrogen-bond donors (Lipinski definition) is 0. The molecular formula is C34H68NO7P. The van der Waals surface area contributed by atoms with Gasteiger partial charge in [0.25, 0.3) is 7.82 Å². The van der Waals surface area contributed by atoms with E-state index in [1.165, 1.54) is 89.9 Å². The molecule has 0 aromatic carbocycles. The maximum atomic E-state index is 12.5. The van der Waals surface area contributed by atoms with E-state index in [1.807, 2.05) is 21.1 Å². The molecule has 0 aromatic heterocycles. The van der Waals surface area contributed by atoms with Crippen molar-refractivity contribution in [2.45, 2.75) is 148 Å². The molecule has 9 heteroatoms. The molecule has 2 atom stereocenters. The summed E-state index contributed by atoms with van der Waals surface area (Å²) < 4.78 is 34.3. The van der Waals surface area contributed by atoms with Crippen LogP contribution < -0.4 is 4.89 Å². The van der Waals surface area contributed by atoms with Crippen molar-refractivity contribution in [3.8, 4) is 0 Å². The molecule has 0 amide bonds. The molecule has 0 N–H and O–H groups in total. The van der Waals surface area contributed by atoms with Crippen molar-refractivity contribution in [1.29, 1.82) is 0 Å². The number of likely N-dealkylation sites (N-methyl/N-ethyl adjacent to an activating group) is 1. The molecule has 0 bridgehead atoms. The number of ether oxygens (including phenoxy) is 2. The third-order valence-corrected chi connectivity index (χ3v) is 8.28. The second-order valence-electron chi connectivity index (χ2n) is 12.9. The number of phosphoric ester groups is 1. The molecule has 2 unspecified atom stereocenters. The highest BCUT2D eigenvalue weighted by atomic mass is 31.2. The van der Waals surface area contributed by atoms with Gasteiger partial charge in [-0.25, -0.2) is 0 Å². The first-order valence-corrected chi connectivity index (χ1v) is 18.9. The van der Waals surface area contributed by atoms with Crippen LogP contribution in [0.1, 0.15) is 142 Å². The lowest BCUT2D eigenvalue weighted by molar-refractivity contribution is -0.870. The van der Waals surface area contributed by atoms with Crippen LogP contribution in [-0.2, 0) is 27.9 Å². The molecule has 0 aliphatic heterocycles. The molecule has 0 fully saturated rings. The van der Waals surface area contributed by atoms with E-state index in [1.54, 1.807) is 0 Å². The molecule has 0 heterocycles. The minimum absolute atomic E-state index is 0.0273.